The Morgan fingerprint density at radius 1 is 1.00 bits per heavy atom. The van der Waals surface area contributed by atoms with Gasteiger partial charge in [-0.25, -0.2) is 13.1 Å². The quantitative estimate of drug-likeness (QED) is 0.792. The van der Waals surface area contributed by atoms with Gasteiger partial charge < -0.3 is 14.2 Å². The van der Waals surface area contributed by atoms with Gasteiger partial charge in [-0.15, -0.1) is 0 Å². The summed E-state index contributed by atoms with van der Waals surface area (Å²) < 4.78 is 43.3. The van der Waals surface area contributed by atoms with Crippen LogP contribution in [0.4, 0.5) is 0 Å². The minimum absolute atomic E-state index is 0.0702. The van der Waals surface area contributed by atoms with E-state index in [2.05, 4.69) is 4.72 Å². The zero-order chi connectivity index (χ0) is 18.6. The summed E-state index contributed by atoms with van der Waals surface area (Å²) in [5.41, 5.74) is 1.36. The highest BCUT2D eigenvalue weighted by Gasteiger charge is 2.17. The molecule has 0 fully saturated rings. The predicted molar refractivity (Wildman–Crippen MR) is 96.3 cm³/mol. The van der Waals surface area contributed by atoms with Crippen LogP contribution < -0.4 is 18.9 Å². The summed E-state index contributed by atoms with van der Waals surface area (Å²) in [6, 6.07) is 7.94. The maximum absolute atomic E-state index is 12.5. The van der Waals surface area contributed by atoms with Gasteiger partial charge in [0.25, 0.3) is 0 Å². The molecule has 136 valence electrons. The fourth-order valence-electron chi connectivity index (χ4n) is 2.28. The summed E-state index contributed by atoms with van der Waals surface area (Å²) in [4.78, 5) is 0.154. The van der Waals surface area contributed by atoms with Crippen molar-refractivity contribution < 1.29 is 22.6 Å². The molecule has 0 aliphatic carbocycles. The molecule has 8 heteroatoms. The van der Waals surface area contributed by atoms with Gasteiger partial charge in [-0.3, -0.25) is 0 Å². The molecule has 0 amide bonds. The first-order valence-corrected chi connectivity index (χ1v) is 9.23. The van der Waals surface area contributed by atoms with Crippen molar-refractivity contribution in [1.29, 1.82) is 0 Å². The molecule has 0 aromatic heterocycles. The summed E-state index contributed by atoms with van der Waals surface area (Å²) in [6.45, 7) is 1.82. The number of halogens is 1. The van der Waals surface area contributed by atoms with Gasteiger partial charge in [0.2, 0.25) is 15.8 Å². The molecule has 2 rings (SSSR count). The molecule has 0 saturated carbocycles. The zero-order valence-electron chi connectivity index (χ0n) is 14.4. The Morgan fingerprint density at radius 3 is 2.08 bits per heavy atom. The second-order valence-electron chi connectivity index (χ2n) is 5.27. The number of benzene rings is 2. The number of methoxy groups -OCH3 is 3. The summed E-state index contributed by atoms with van der Waals surface area (Å²) in [7, 11) is 0.835. The maximum atomic E-state index is 12.5. The van der Waals surface area contributed by atoms with Gasteiger partial charge in [-0.05, 0) is 48.4 Å². The van der Waals surface area contributed by atoms with Crippen LogP contribution in [0.3, 0.4) is 0 Å². The van der Waals surface area contributed by atoms with Gasteiger partial charge in [0.15, 0.2) is 11.5 Å². The van der Waals surface area contributed by atoms with E-state index in [0.717, 1.165) is 0 Å². The van der Waals surface area contributed by atoms with Crippen molar-refractivity contribution >= 4 is 21.6 Å². The zero-order valence-corrected chi connectivity index (χ0v) is 16.0. The Morgan fingerprint density at radius 2 is 1.60 bits per heavy atom. The summed E-state index contributed by atoms with van der Waals surface area (Å²) in [5.74, 6) is 1.36. The molecule has 0 spiro atoms. The molecule has 0 aliphatic rings. The molecule has 2 aromatic carbocycles. The first-order chi connectivity index (χ1) is 11.8. The van der Waals surface area contributed by atoms with Crippen LogP contribution in [-0.4, -0.2) is 29.7 Å². The number of hydrogen-bond donors (Lipinski definition) is 1. The molecule has 0 saturated heterocycles. The number of sulfonamides is 1. The number of hydrogen-bond acceptors (Lipinski definition) is 5. The van der Waals surface area contributed by atoms with Gasteiger partial charge in [-0.2, -0.15) is 0 Å². The Labute approximate surface area is 152 Å². The van der Waals surface area contributed by atoms with Crippen molar-refractivity contribution in [3.8, 4) is 17.2 Å². The van der Waals surface area contributed by atoms with Crippen LogP contribution in [0.25, 0.3) is 0 Å². The largest absolute Gasteiger partial charge is 0.493 e. The van der Waals surface area contributed by atoms with E-state index in [-0.39, 0.29) is 11.4 Å². The van der Waals surface area contributed by atoms with E-state index in [4.69, 9.17) is 25.8 Å². The van der Waals surface area contributed by atoms with Crippen LogP contribution in [0, 0.1) is 6.92 Å². The van der Waals surface area contributed by atoms with Crippen LogP contribution in [0.15, 0.2) is 35.2 Å². The van der Waals surface area contributed by atoms with Crippen molar-refractivity contribution in [2.45, 2.75) is 18.4 Å². The Kier molecular flexibility index (Phi) is 6.16. The average Bonchev–Trinajstić information content (AvgIpc) is 2.61. The first kappa shape index (κ1) is 19.4. The monoisotopic (exact) mass is 385 g/mol. The molecule has 2 aromatic rings. The normalized spacial score (nSPS) is 11.2. The maximum Gasteiger partial charge on any atom is 0.240 e. The smallest absolute Gasteiger partial charge is 0.240 e. The van der Waals surface area contributed by atoms with E-state index in [1.807, 2.05) is 0 Å². The van der Waals surface area contributed by atoms with Gasteiger partial charge in [-0.1, -0.05) is 11.6 Å². The minimum atomic E-state index is -3.67. The van der Waals surface area contributed by atoms with Crippen LogP contribution in [0.5, 0.6) is 17.2 Å². The Bertz CT molecular complexity index is 842. The molecule has 0 aliphatic heterocycles. The van der Waals surface area contributed by atoms with Crippen LogP contribution in [0.1, 0.15) is 11.1 Å². The van der Waals surface area contributed by atoms with Gasteiger partial charge >= 0.3 is 0 Å². The van der Waals surface area contributed by atoms with Gasteiger partial charge in [0.1, 0.15) is 0 Å². The second kappa shape index (κ2) is 7.95. The SMILES string of the molecule is COc1cc(CNS(=O)(=O)c2ccc(Cl)c(C)c2)cc(OC)c1OC. The summed E-state index contributed by atoms with van der Waals surface area (Å²) >= 11 is 5.94. The molecule has 1 N–H and O–H groups in total. The van der Waals surface area contributed by atoms with E-state index >= 15 is 0 Å². The third-order valence-corrected chi connectivity index (χ3v) is 5.45. The standard InChI is InChI=1S/C17H20ClNO5S/c1-11-7-13(5-6-14(11)18)25(20,21)19-10-12-8-15(22-2)17(24-4)16(9-12)23-3/h5-9,19H,10H2,1-4H3. The van der Waals surface area contributed by atoms with Crippen LogP contribution in [0.2, 0.25) is 5.02 Å². The van der Waals surface area contributed by atoms with E-state index in [1.54, 1.807) is 25.1 Å². The molecule has 6 nitrogen and oxygen atoms in total. The molecule has 0 radical (unpaired) electrons. The van der Waals surface area contributed by atoms with Gasteiger partial charge in [0.05, 0.1) is 26.2 Å². The summed E-state index contributed by atoms with van der Waals surface area (Å²) in [5, 5.41) is 0.517. The first-order valence-electron chi connectivity index (χ1n) is 7.37. The Hall–Kier alpha value is -1.96. The lowest BCUT2D eigenvalue weighted by molar-refractivity contribution is 0.323. The lowest BCUT2D eigenvalue weighted by Crippen LogP contribution is -2.23. The highest BCUT2D eigenvalue weighted by Crippen LogP contribution is 2.38. The Balaban J connectivity index is 2.26. The van der Waals surface area contributed by atoms with Crippen LogP contribution in [-0.2, 0) is 16.6 Å². The van der Waals surface area contributed by atoms with E-state index in [9.17, 15) is 8.42 Å². The molecule has 0 bridgehead atoms. The third-order valence-electron chi connectivity index (χ3n) is 3.63. The van der Waals surface area contributed by atoms with E-state index in [1.165, 1.54) is 33.5 Å². The fourth-order valence-corrected chi connectivity index (χ4v) is 3.50. The topological polar surface area (TPSA) is 73.9 Å². The molecule has 0 atom stereocenters. The van der Waals surface area contributed by atoms with E-state index < -0.39 is 10.0 Å². The molecular weight excluding hydrogens is 366 g/mol. The van der Waals surface area contributed by atoms with Gasteiger partial charge in [0, 0.05) is 11.6 Å². The van der Waals surface area contributed by atoms with Crippen LogP contribution >= 0.6 is 11.6 Å². The lowest BCUT2D eigenvalue weighted by atomic mass is 10.2. The molecule has 0 unspecified atom stereocenters. The summed E-state index contributed by atoms with van der Waals surface area (Å²) in [6.07, 6.45) is 0. The minimum Gasteiger partial charge on any atom is -0.493 e. The number of nitrogens with one attached hydrogen (secondary N) is 1. The predicted octanol–water partition coefficient (Wildman–Crippen LogP) is 3.15. The number of rotatable bonds is 7. The van der Waals surface area contributed by atoms with Crippen molar-refractivity contribution in [2.75, 3.05) is 21.3 Å². The van der Waals surface area contributed by atoms with Crippen molar-refractivity contribution in [3.05, 3.63) is 46.5 Å². The molecular formula is C17H20ClNO5S. The third kappa shape index (κ3) is 4.36. The van der Waals surface area contributed by atoms with Crippen molar-refractivity contribution in [1.82, 2.24) is 4.72 Å². The average molecular weight is 386 g/mol. The number of ether oxygens (including phenoxy) is 3. The lowest BCUT2D eigenvalue weighted by Gasteiger charge is -2.14. The molecule has 25 heavy (non-hydrogen) atoms. The number of aryl methyl sites for hydroxylation is 1. The van der Waals surface area contributed by atoms with Crippen molar-refractivity contribution in [2.24, 2.45) is 0 Å². The van der Waals surface area contributed by atoms with E-state index in [0.29, 0.717) is 33.4 Å². The highest BCUT2D eigenvalue weighted by molar-refractivity contribution is 7.89. The fraction of sp³-hybridized carbons (Fsp3) is 0.294. The second-order valence-corrected chi connectivity index (χ2v) is 7.44. The molecule has 0 heterocycles. The highest BCUT2D eigenvalue weighted by atomic mass is 35.5. The van der Waals surface area contributed by atoms with Crippen molar-refractivity contribution in [3.63, 3.8) is 0 Å².